The lowest BCUT2D eigenvalue weighted by molar-refractivity contribution is -0.385. The number of amides is 1. The number of nitrogens with one attached hydrogen (secondary N) is 1. The molecule has 1 N–H and O–H groups in total. The van der Waals surface area contributed by atoms with Crippen LogP contribution in [0.2, 0.25) is 5.02 Å². The van der Waals surface area contributed by atoms with Crippen LogP contribution in [0.4, 0.5) is 15.8 Å². The number of hydrogen-bond acceptors (Lipinski definition) is 7. The minimum Gasteiger partial charge on any atom is -0.476 e. The summed E-state index contributed by atoms with van der Waals surface area (Å²) in [5.74, 6) is -0.968. The van der Waals surface area contributed by atoms with Gasteiger partial charge in [-0.25, -0.2) is 9.37 Å². The highest BCUT2D eigenvalue weighted by molar-refractivity contribution is 9.10. The lowest BCUT2D eigenvalue weighted by Crippen LogP contribution is -2.23. The fourth-order valence-corrected chi connectivity index (χ4v) is 4.37. The molecule has 0 aliphatic heterocycles. The third kappa shape index (κ3) is 6.88. The summed E-state index contributed by atoms with van der Waals surface area (Å²) in [4.78, 5) is 41.5. The molecule has 0 aliphatic carbocycles. The molecule has 1 amide bonds. The second kappa shape index (κ2) is 12.8. The van der Waals surface area contributed by atoms with Crippen LogP contribution in [0.1, 0.15) is 31.2 Å². The number of carbonyl (C=O) groups is 1. The largest absolute Gasteiger partial charge is 0.476 e. The Morgan fingerprint density at radius 3 is 2.70 bits per heavy atom. The van der Waals surface area contributed by atoms with Gasteiger partial charge in [0.2, 0.25) is 5.75 Å². The molecule has 206 valence electrons. The number of unbranched alkanes of at least 4 members (excludes halogenated alkanes) is 1. The topological polar surface area (TPSA) is 129 Å². The Morgan fingerprint density at radius 2 is 2.00 bits per heavy atom. The quantitative estimate of drug-likeness (QED) is 0.128. The Hall–Kier alpha value is -4.16. The van der Waals surface area contributed by atoms with Crippen molar-refractivity contribution in [2.75, 3.05) is 11.9 Å². The molecule has 0 unspecified atom stereocenters. The first-order chi connectivity index (χ1) is 19.2. The van der Waals surface area contributed by atoms with Crippen molar-refractivity contribution in [1.82, 2.24) is 9.66 Å². The maximum atomic E-state index is 13.4. The summed E-state index contributed by atoms with van der Waals surface area (Å²) in [7, 11) is 0. The third-order valence-electron chi connectivity index (χ3n) is 5.68. The zero-order valence-electron chi connectivity index (χ0n) is 21.1. The van der Waals surface area contributed by atoms with E-state index in [1.54, 1.807) is 18.2 Å². The summed E-state index contributed by atoms with van der Waals surface area (Å²) in [6.45, 7) is 1.40. The smallest absolute Gasteiger partial charge is 0.313 e. The number of benzene rings is 3. The molecule has 40 heavy (non-hydrogen) atoms. The first kappa shape index (κ1) is 28.8. The summed E-state index contributed by atoms with van der Waals surface area (Å²) in [5.41, 5.74) is -0.0254. The molecule has 1 heterocycles. The molecule has 0 radical (unpaired) electrons. The van der Waals surface area contributed by atoms with Gasteiger partial charge in [-0.3, -0.25) is 19.7 Å². The van der Waals surface area contributed by atoms with Crippen molar-refractivity contribution in [2.24, 2.45) is 5.10 Å². The summed E-state index contributed by atoms with van der Waals surface area (Å²) < 4.78 is 20.5. The molecule has 4 rings (SSSR count). The number of halogens is 3. The highest BCUT2D eigenvalue weighted by atomic mass is 79.9. The molecule has 0 spiro atoms. The van der Waals surface area contributed by atoms with Crippen LogP contribution < -0.4 is 15.6 Å². The highest BCUT2D eigenvalue weighted by Gasteiger charge is 2.22. The second-order valence-corrected chi connectivity index (χ2v) is 9.95. The number of aromatic nitrogens is 2. The minimum absolute atomic E-state index is 0.0235. The van der Waals surface area contributed by atoms with Crippen LogP contribution in [0.5, 0.6) is 5.75 Å². The van der Waals surface area contributed by atoms with E-state index in [2.05, 4.69) is 31.3 Å². The van der Waals surface area contributed by atoms with Crippen molar-refractivity contribution in [1.29, 1.82) is 0 Å². The third-order valence-corrected chi connectivity index (χ3v) is 6.39. The van der Waals surface area contributed by atoms with E-state index >= 15 is 0 Å². The van der Waals surface area contributed by atoms with Crippen LogP contribution in [0, 0.1) is 15.9 Å². The van der Waals surface area contributed by atoms with Crippen LogP contribution in [0.25, 0.3) is 10.9 Å². The van der Waals surface area contributed by atoms with E-state index < -0.39 is 34.5 Å². The lowest BCUT2D eigenvalue weighted by atomic mass is 10.2. The van der Waals surface area contributed by atoms with E-state index in [4.69, 9.17) is 16.3 Å². The summed E-state index contributed by atoms with van der Waals surface area (Å²) in [6, 6.07) is 12.7. The predicted molar refractivity (Wildman–Crippen MR) is 154 cm³/mol. The van der Waals surface area contributed by atoms with Gasteiger partial charge in [-0.1, -0.05) is 40.9 Å². The Bertz CT molecular complexity index is 1680. The number of aryl methyl sites for hydroxylation is 1. The Morgan fingerprint density at radius 1 is 1.25 bits per heavy atom. The van der Waals surface area contributed by atoms with E-state index in [9.17, 15) is 24.1 Å². The first-order valence-corrected chi connectivity index (χ1v) is 13.2. The molecule has 10 nitrogen and oxygen atoms in total. The van der Waals surface area contributed by atoms with Gasteiger partial charge >= 0.3 is 5.69 Å². The number of nitro benzene ring substituents is 1. The standard InChI is InChI=1S/C27H22BrClFN5O5/c1-2-3-4-24-33-22-10-5-17(28)12-21(22)27(37)34(24)31-14-16-11-18(29)13-23(35(38)39)26(16)40-15-25(36)32-20-8-6-19(30)7-9-20/h5-14H,2-4,15H2,1H3,(H,32,36). The number of anilines is 1. The minimum atomic E-state index is -0.704. The molecule has 3 aromatic carbocycles. The van der Waals surface area contributed by atoms with Gasteiger partial charge in [0.15, 0.2) is 6.61 Å². The number of fused-ring (bicyclic) bond motifs is 1. The highest BCUT2D eigenvalue weighted by Crippen LogP contribution is 2.34. The molecule has 13 heteroatoms. The van der Waals surface area contributed by atoms with Gasteiger partial charge in [0.1, 0.15) is 11.6 Å². The summed E-state index contributed by atoms with van der Waals surface area (Å²) >= 11 is 9.50. The molecular formula is C27H22BrClFN5O5. The number of hydrogen-bond donors (Lipinski definition) is 1. The second-order valence-electron chi connectivity index (χ2n) is 8.60. The van der Waals surface area contributed by atoms with Gasteiger partial charge in [0.25, 0.3) is 11.5 Å². The van der Waals surface area contributed by atoms with Crippen molar-refractivity contribution in [3.8, 4) is 5.75 Å². The maximum Gasteiger partial charge on any atom is 0.313 e. The molecule has 0 fully saturated rings. The number of nitro groups is 1. The van der Waals surface area contributed by atoms with Gasteiger partial charge in [0.05, 0.1) is 22.0 Å². The van der Waals surface area contributed by atoms with Crippen LogP contribution >= 0.6 is 27.5 Å². The van der Waals surface area contributed by atoms with Crippen LogP contribution in [0.15, 0.2) is 69.0 Å². The maximum absolute atomic E-state index is 13.4. The molecule has 0 saturated heterocycles. The fraction of sp³-hybridized carbons (Fsp3) is 0.185. The molecule has 0 bridgehead atoms. The molecule has 0 aliphatic rings. The molecule has 1 aromatic heterocycles. The average molecular weight is 631 g/mol. The van der Waals surface area contributed by atoms with E-state index in [1.165, 1.54) is 36.5 Å². The molecular weight excluding hydrogens is 609 g/mol. The van der Waals surface area contributed by atoms with Crippen molar-refractivity contribution < 1.29 is 18.8 Å². The van der Waals surface area contributed by atoms with Crippen molar-refractivity contribution in [3.63, 3.8) is 0 Å². The van der Waals surface area contributed by atoms with Crippen molar-refractivity contribution >= 4 is 61.9 Å². The van der Waals surface area contributed by atoms with Crippen LogP contribution in [-0.2, 0) is 11.2 Å². The van der Waals surface area contributed by atoms with E-state index in [0.29, 0.717) is 33.3 Å². The fourth-order valence-electron chi connectivity index (χ4n) is 3.79. The van der Waals surface area contributed by atoms with Gasteiger partial charge in [-0.15, -0.1) is 0 Å². The van der Waals surface area contributed by atoms with Gasteiger partial charge in [0, 0.05) is 33.2 Å². The van der Waals surface area contributed by atoms with Gasteiger partial charge in [-0.05, 0) is 55.0 Å². The summed E-state index contributed by atoms with van der Waals surface area (Å²) in [6.07, 6.45) is 3.28. The van der Waals surface area contributed by atoms with E-state index in [1.807, 2.05) is 6.92 Å². The zero-order valence-corrected chi connectivity index (χ0v) is 23.4. The van der Waals surface area contributed by atoms with Crippen molar-refractivity contribution in [3.05, 3.63) is 102 Å². The predicted octanol–water partition coefficient (Wildman–Crippen LogP) is 6.10. The monoisotopic (exact) mass is 629 g/mol. The van der Waals surface area contributed by atoms with Crippen molar-refractivity contribution in [2.45, 2.75) is 26.2 Å². The van der Waals surface area contributed by atoms with E-state index in [-0.39, 0.29) is 16.3 Å². The number of nitrogens with zero attached hydrogens (tertiary/aromatic N) is 4. The van der Waals surface area contributed by atoms with Gasteiger partial charge in [-0.2, -0.15) is 9.78 Å². The number of carbonyl (C=O) groups excluding carboxylic acids is 1. The lowest BCUT2D eigenvalue weighted by Gasteiger charge is -2.12. The molecule has 0 atom stereocenters. The number of ether oxygens (including phenoxy) is 1. The van der Waals surface area contributed by atoms with Crippen LogP contribution in [-0.4, -0.2) is 33.3 Å². The Labute approximate surface area is 240 Å². The van der Waals surface area contributed by atoms with Gasteiger partial charge < -0.3 is 10.1 Å². The normalized spacial score (nSPS) is 11.2. The van der Waals surface area contributed by atoms with E-state index in [0.717, 1.165) is 23.6 Å². The average Bonchev–Trinajstić information content (AvgIpc) is 2.92. The summed E-state index contributed by atoms with van der Waals surface area (Å²) in [5, 5.41) is 19.0. The zero-order chi connectivity index (χ0) is 28.8. The van der Waals surface area contributed by atoms with Crippen LogP contribution in [0.3, 0.4) is 0 Å². The Balaban J connectivity index is 1.71. The SMILES string of the molecule is CCCCc1nc2ccc(Br)cc2c(=O)n1N=Cc1cc(Cl)cc([N+](=O)[O-])c1OCC(=O)Nc1ccc(F)cc1. The first-order valence-electron chi connectivity index (χ1n) is 12.1. The number of rotatable bonds is 10. The Kier molecular flexibility index (Phi) is 9.22. The molecule has 0 saturated carbocycles. The molecule has 4 aromatic rings.